The molecule has 3 nitrogen and oxygen atoms in total. The summed E-state index contributed by atoms with van der Waals surface area (Å²) in [5.41, 5.74) is 3.35. The smallest absolute Gasteiger partial charge is 0.323 e. The molecule has 4 aromatic rings. The molecule has 6 heteroatoms. The van der Waals surface area contributed by atoms with Crippen molar-refractivity contribution in [1.29, 1.82) is 0 Å². The lowest BCUT2D eigenvalue weighted by Gasteiger charge is -2.05. The third kappa shape index (κ3) is 2.60. The van der Waals surface area contributed by atoms with E-state index >= 15 is 0 Å². The van der Waals surface area contributed by atoms with Gasteiger partial charge in [0.1, 0.15) is 12.4 Å². The number of halogens is 2. The van der Waals surface area contributed by atoms with Gasteiger partial charge < -0.3 is 9.67 Å². The first-order valence-corrected chi connectivity index (χ1v) is 8.88. The van der Waals surface area contributed by atoms with E-state index in [2.05, 4.69) is 0 Å². The Kier molecular flexibility index (Phi) is 3.78. The van der Waals surface area contributed by atoms with Crippen molar-refractivity contribution in [2.45, 2.75) is 13.5 Å². The molecular formula is C19H13ClFNO2S. The van der Waals surface area contributed by atoms with Gasteiger partial charge in [0.15, 0.2) is 0 Å². The van der Waals surface area contributed by atoms with Gasteiger partial charge in [-0.2, -0.15) is 0 Å². The Morgan fingerprint density at radius 2 is 2.04 bits per heavy atom. The van der Waals surface area contributed by atoms with Crippen LogP contribution in [-0.2, 0) is 11.3 Å². The van der Waals surface area contributed by atoms with Crippen molar-refractivity contribution in [2.75, 3.05) is 0 Å². The molecule has 1 N–H and O–H groups in total. The second kappa shape index (κ2) is 5.86. The van der Waals surface area contributed by atoms with E-state index in [1.54, 1.807) is 22.0 Å². The summed E-state index contributed by atoms with van der Waals surface area (Å²) in [6.07, 6.45) is 0. The second-order valence-corrected chi connectivity index (χ2v) is 7.24. The molecule has 25 heavy (non-hydrogen) atoms. The van der Waals surface area contributed by atoms with Crippen molar-refractivity contribution in [2.24, 2.45) is 0 Å². The Balaban J connectivity index is 2.08. The molecule has 0 fully saturated rings. The fraction of sp³-hybridized carbons (Fsp3) is 0.105. The highest BCUT2D eigenvalue weighted by Crippen LogP contribution is 2.41. The van der Waals surface area contributed by atoms with E-state index in [9.17, 15) is 14.3 Å². The number of rotatable bonds is 3. The SMILES string of the molecule is Cc1c(-c2csc3cc(Cl)ccc23)c2cc(F)ccc2n1CC(=O)O. The number of fused-ring (bicyclic) bond motifs is 2. The standard InChI is InChI=1S/C19H13ClFNO2S/c1-10-19(15-9-25-17-6-11(20)2-4-13(15)17)14-7-12(21)3-5-16(14)22(10)8-18(23)24/h2-7,9H,8H2,1H3,(H,23,24). The molecule has 0 aliphatic carbocycles. The van der Waals surface area contributed by atoms with Crippen LogP contribution in [0.5, 0.6) is 0 Å². The minimum atomic E-state index is -0.933. The number of nitrogens with zero attached hydrogens (tertiary/aromatic N) is 1. The van der Waals surface area contributed by atoms with Crippen molar-refractivity contribution in [3.05, 3.63) is 58.3 Å². The number of hydrogen-bond acceptors (Lipinski definition) is 2. The lowest BCUT2D eigenvalue weighted by atomic mass is 10.0. The first kappa shape index (κ1) is 16.1. The average molecular weight is 374 g/mol. The minimum Gasteiger partial charge on any atom is -0.480 e. The quantitative estimate of drug-likeness (QED) is 0.500. The van der Waals surface area contributed by atoms with Crippen LogP contribution in [0, 0.1) is 12.7 Å². The van der Waals surface area contributed by atoms with E-state index in [-0.39, 0.29) is 12.4 Å². The van der Waals surface area contributed by atoms with Crippen LogP contribution in [0.2, 0.25) is 5.02 Å². The van der Waals surface area contributed by atoms with E-state index in [1.165, 1.54) is 12.1 Å². The molecule has 0 unspecified atom stereocenters. The van der Waals surface area contributed by atoms with Gasteiger partial charge in [-0.25, -0.2) is 4.39 Å². The fourth-order valence-electron chi connectivity index (χ4n) is 3.33. The molecule has 0 atom stereocenters. The van der Waals surface area contributed by atoms with E-state index in [4.69, 9.17) is 11.6 Å². The molecule has 0 spiro atoms. The van der Waals surface area contributed by atoms with Crippen LogP contribution in [0.1, 0.15) is 5.69 Å². The van der Waals surface area contributed by atoms with Crippen LogP contribution in [0.4, 0.5) is 4.39 Å². The number of carboxylic acid groups (broad SMARTS) is 1. The van der Waals surface area contributed by atoms with Gasteiger partial charge in [-0.15, -0.1) is 11.3 Å². The van der Waals surface area contributed by atoms with Crippen molar-refractivity contribution in [3.63, 3.8) is 0 Å². The van der Waals surface area contributed by atoms with Gasteiger partial charge in [0.25, 0.3) is 0 Å². The topological polar surface area (TPSA) is 42.2 Å². The molecule has 0 amide bonds. The maximum absolute atomic E-state index is 13.9. The molecule has 0 saturated heterocycles. The second-order valence-electron chi connectivity index (χ2n) is 5.89. The van der Waals surface area contributed by atoms with Crippen LogP contribution >= 0.6 is 22.9 Å². The monoisotopic (exact) mass is 373 g/mol. The lowest BCUT2D eigenvalue weighted by Crippen LogP contribution is -2.09. The predicted molar refractivity (Wildman–Crippen MR) is 100 cm³/mol. The summed E-state index contributed by atoms with van der Waals surface area (Å²) in [5.74, 6) is -1.28. The number of aliphatic carboxylic acids is 1. The highest BCUT2D eigenvalue weighted by atomic mass is 35.5. The summed E-state index contributed by atoms with van der Waals surface area (Å²) in [7, 11) is 0. The van der Waals surface area contributed by atoms with Crippen molar-refractivity contribution < 1.29 is 14.3 Å². The maximum Gasteiger partial charge on any atom is 0.323 e. The van der Waals surface area contributed by atoms with Gasteiger partial charge in [-0.1, -0.05) is 17.7 Å². The number of aromatic nitrogens is 1. The Bertz CT molecular complexity index is 1150. The highest BCUT2D eigenvalue weighted by Gasteiger charge is 2.20. The number of carboxylic acids is 1. The Morgan fingerprint density at radius 1 is 1.24 bits per heavy atom. The molecule has 126 valence electrons. The third-order valence-electron chi connectivity index (χ3n) is 4.39. The van der Waals surface area contributed by atoms with Crippen LogP contribution < -0.4 is 0 Å². The van der Waals surface area contributed by atoms with Crippen molar-refractivity contribution in [3.8, 4) is 11.1 Å². The van der Waals surface area contributed by atoms with Crippen LogP contribution in [0.3, 0.4) is 0 Å². The Labute approximate surface area is 151 Å². The van der Waals surface area contributed by atoms with Crippen LogP contribution in [-0.4, -0.2) is 15.6 Å². The first-order chi connectivity index (χ1) is 12.0. The zero-order valence-electron chi connectivity index (χ0n) is 13.2. The van der Waals surface area contributed by atoms with Crippen LogP contribution in [0.25, 0.3) is 32.1 Å². The summed E-state index contributed by atoms with van der Waals surface area (Å²) in [6.45, 7) is 1.71. The number of hydrogen-bond donors (Lipinski definition) is 1. The Morgan fingerprint density at radius 3 is 2.80 bits per heavy atom. The van der Waals surface area contributed by atoms with Gasteiger partial charge in [-0.05, 0) is 42.6 Å². The molecule has 2 aromatic carbocycles. The van der Waals surface area contributed by atoms with Gasteiger partial charge in [0.2, 0.25) is 0 Å². The maximum atomic E-state index is 13.9. The van der Waals surface area contributed by atoms with Gasteiger partial charge >= 0.3 is 5.97 Å². The zero-order valence-corrected chi connectivity index (χ0v) is 14.8. The largest absolute Gasteiger partial charge is 0.480 e. The van der Waals surface area contributed by atoms with Crippen molar-refractivity contribution in [1.82, 2.24) is 4.57 Å². The summed E-state index contributed by atoms with van der Waals surface area (Å²) in [4.78, 5) is 11.3. The van der Waals surface area contributed by atoms with E-state index < -0.39 is 5.97 Å². The summed E-state index contributed by atoms with van der Waals surface area (Å²) < 4.78 is 16.6. The summed E-state index contributed by atoms with van der Waals surface area (Å²) >= 11 is 7.63. The van der Waals surface area contributed by atoms with Gasteiger partial charge in [-0.3, -0.25) is 4.79 Å². The van der Waals surface area contributed by atoms with E-state index in [1.807, 2.05) is 30.5 Å². The highest BCUT2D eigenvalue weighted by molar-refractivity contribution is 7.17. The molecule has 4 rings (SSSR count). The number of thiophene rings is 1. The normalized spacial score (nSPS) is 11.5. The molecule has 0 aliphatic heterocycles. The molecular weight excluding hydrogens is 361 g/mol. The van der Waals surface area contributed by atoms with Crippen molar-refractivity contribution >= 4 is 49.9 Å². The minimum absolute atomic E-state index is 0.165. The lowest BCUT2D eigenvalue weighted by molar-refractivity contribution is -0.137. The Hall–Kier alpha value is -2.37. The van der Waals surface area contributed by atoms with Crippen LogP contribution in [0.15, 0.2) is 41.8 Å². The van der Waals surface area contributed by atoms with E-state index in [0.717, 1.165) is 26.9 Å². The molecule has 0 bridgehead atoms. The predicted octanol–water partition coefficient (Wildman–Crippen LogP) is 5.71. The molecule has 0 aliphatic rings. The molecule has 0 saturated carbocycles. The fourth-order valence-corrected chi connectivity index (χ4v) is 4.56. The zero-order chi connectivity index (χ0) is 17.7. The van der Waals surface area contributed by atoms with E-state index in [0.29, 0.717) is 15.9 Å². The third-order valence-corrected chi connectivity index (χ3v) is 5.57. The first-order valence-electron chi connectivity index (χ1n) is 7.63. The average Bonchev–Trinajstić information content (AvgIpc) is 3.06. The summed E-state index contributed by atoms with van der Waals surface area (Å²) in [6, 6.07) is 10.1. The number of benzene rings is 2. The summed E-state index contributed by atoms with van der Waals surface area (Å²) in [5, 5.41) is 13.7. The number of carbonyl (C=O) groups is 1. The van der Waals surface area contributed by atoms with Gasteiger partial charge in [0, 0.05) is 42.8 Å². The molecule has 2 aromatic heterocycles. The molecule has 2 heterocycles. The molecule has 0 radical (unpaired) electrons. The van der Waals surface area contributed by atoms with Gasteiger partial charge in [0.05, 0.1) is 0 Å².